The molecule has 0 saturated heterocycles. The SMILES string of the molecule is COc1cccc(F)c1C(=O)Nc1ccc(Oc2ccnc3[nH]cc(C4C=NC(N)=CC4)c23)c(F)c1. The summed E-state index contributed by atoms with van der Waals surface area (Å²) in [6, 6.07) is 9.61. The molecule has 0 spiro atoms. The van der Waals surface area contributed by atoms with E-state index in [4.69, 9.17) is 15.2 Å². The summed E-state index contributed by atoms with van der Waals surface area (Å²) in [6.07, 6.45) is 7.63. The Labute approximate surface area is 204 Å². The van der Waals surface area contributed by atoms with E-state index < -0.39 is 17.5 Å². The Hall–Kier alpha value is -4.73. The number of amides is 1. The third-order valence-electron chi connectivity index (χ3n) is 5.78. The molecule has 0 saturated carbocycles. The average molecular weight is 489 g/mol. The fourth-order valence-corrected chi connectivity index (χ4v) is 4.04. The maximum atomic E-state index is 15.0. The highest BCUT2D eigenvalue weighted by molar-refractivity contribution is 6.06. The van der Waals surface area contributed by atoms with Crippen LogP contribution in [0.5, 0.6) is 17.2 Å². The molecule has 2 aromatic heterocycles. The minimum atomic E-state index is -0.769. The summed E-state index contributed by atoms with van der Waals surface area (Å²) in [5, 5.41) is 3.19. The van der Waals surface area contributed by atoms with Gasteiger partial charge in [0.25, 0.3) is 5.91 Å². The number of carbonyl (C=O) groups excluding carboxylic acids is 1. The highest BCUT2D eigenvalue weighted by Gasteiger charge is 2.21. The lowest BCUT2D eigenvalue weighted by Gasteiger charge is -2.15. The van der Waals surface area contributed by atoms with Gasteiger partial charge in [-0.15, -0.1) is 0 Å². The van der Waals surface area contributed by atoms with Gasteiger partial charge in [-0.3, -0.25) is 4.79 Å². The first-order valence-electron chi connectivity index (χ1n) is 11.0. The molecule has 4 aromatic rings. The van der Waals surface area contributed by atoms with Crippen molar-refractivity contribution in [2.75, 3.05) is 12.4 Å². The van der Waals surface area contributed by atoms with Crippen molar-refractivity contribution in [3.8, 4) is 17.2 Å². The maximum Gasteiger partial charge on any atom is 0.262 e. The van der Waals surface area contributed by atoms with Crippen molar-refractivity contribution in [3.63, 3.8) is 0 Å². The van der Waals surface area contributed by atoms with Crippen LogP contribution in [-0.2, 0) is 0 Å². The molecule has 10 heteroatoms. The van der Waals surface area contributed by atoms with Crippen LogP contribution < -0.4 is 20.5 Å². The standard InChI is InChI=1S/C26H21F2N5O3/c1-35-20-4-2-3-17(27)24(20)26(34)33-15-6-7-19(18(28)11-15)36-21-9-10-30-25-23(21)16(13-32-25)14-5-8-22(29)31-12-14/h2-4,6-14H,5,29H2,1H3,(H,30,32)(H,33,34). The largest absolute Gasteiger partial charge is 0.496 e. The van der Waals surface area contributed by atoms with Crippen molar-refractivity contribution in [1.82, 2.24) is 9.97 Å². The number of rotatable bonds is 6. The first kappa shape index (κ1) is 23.0. The van der Waals surface area contributed by atoms with Gasteiger partial charge in [-0.2, -0.15) is 0 Å². The number of methoxy groups -OCH3 is 1. The van der Waals surface area contributed by atoms with E-state index in [2.05, 4.69) is 20.3 Å². The van der Waals surface area contributed by atoms with Crippen molar-refractivity contribution in [2.24, 2.45) is 10.7 Å². The molecule has 1 atom stereocenters. The van der Waals surface area contributed by atoms with Gasteiger partial charge in [0.1, 0.15) is 34.3 Å². The van der Waals surface area contributed by atoms with Gasteiger partial charge in [0.2, 0.25) is 0 Å². The molecule has 182 valence electrons. The van der Waals surface area contributed by atoms with Crippen molar-refractivity contribution in [2.45, 2.75) is 12.3 Å². The molecule has 1 aliphatic heterocycles. The Morgan fingerprint density at radius 1 is 1.14 bits per heavy atom. The second-order valence-corrected chi connectivity index (χ2v) is 8.04. The Morgan fingerprint density at radius 3 is 2.75 bits per heavy atom. The van der Waals surface area contributed by atoms with Crippen molar-refractivity contribution in [3.05, 3.63) is 89.5 Å². The van der Waals surface area contributed by atoms with E-state index in [0.717, 1.165) is 17.7 Å². The number of hydrogen-bond acceptors (Lipinski definition) is 6. The summed E-state index contributed by atoms with van der Waals surface area (Å²) in [5.41, 5.74) is 7.06. The van der Waals surface area contributed by atoms with Crippen LogP contribution in [0.3, 0.4) is 0 Å². The third-order valence-corrected chi connectivity index (χ3v) is 5.78. The summed E-state index contributed by atoms with van der Waals surface area (Å²) in [6.45, 7) is 0. The molecule has 0 radical (unpaired) electrons. The summed E-state index contributed by atoms with van der Waals surface area (Å²) in [5.74, 6) is -1.41. The van der Waals surface area contributed by atoms with Gasteiger partial charge in [-0.05, 0) is 48.4 Å². The Balaban J connectivity index is 1.40. The van der Waals surface area contributed by atoms with E-state index in [9.17, 15) is 13.6 Å². The van der Waals surface area contributed by atoms with Crippen LogP contribution in [0.2, 0.25) is 0 Å². The number of allylic oxidation sites excluding steroid dienone is 1. The van der Waals surface area contributed by atoms with Gasteiger partial charge in [0.15, 0.2) is 11.6 Å². The zero-order valence-corrected chi connectivity index (χ0v) is 19.1. The number of anilines is 1. The van der Waals surface area contributed by atoms with Gasteiger partial charge in [0.05, 0.1) is 12.5 Å². The van der Waals surface area contributed by atoms with Crippen LogP contribution in [0.25, 0.3) is 11.0 Å². The lowest BCUT2D eigenvalue weighted by molar-refractivity contribution is 0.102. The number of aromatic amines is 1. The zero-order chi connectivity index (χ0) is 25.2. The number of aliphatic imine (C=N–C) groups is 1. The Kier molecular flexibility index (Phi) is 6.07. The monoisotopic (exact) mass is 489 g/mol. The van der Waals surface area contributed by atoms with Crippen molar-refractivity contribution in [1.29, 1.82) is 0 Å². The summed E-state index contributed by atoms with van der Waals surface area (Å²) in [7, 11) is 1.33. The Morgan fingerprint density at radius 2 is 2.00 bits per heavy atom. The normalized spacial score (nSPS) is 15.0. The van der Waals surface area contributed by atoms with E-state index in [1.165, 1.54) is 31.4 Å². The van der Waals surface area contributed by atoms with E-state index in [1.807, 2.05) is 12.3 Å². The number of nitrogens with two attached hydrogens (primary N) is 1. The second-order valence-electron chi connectivity index (χ2n) is 8.04. The number of ether oxygens (including phenoxy) is 2. The summed E-state index contributed by atoms with van der Waals surface area (Å²) >= 11 is 0. The Bertz CT molecular complexity index is 1530. The molecule has 4 N–H and O–H groups in total. The predicted octanol–water partition coefficient (Wildman–Crippen LogP) is 5.25. The van der Waals surface area contributed by atoms with E-state index in [-0.39, 0.29) is 28.7 Å². The molecule has 5 rings (SSSR count). The second kappa shape index (κ2) is 9.49. The van der Waals surface area contributed by atoms with Gasteiger partial charge < -0.3 is 25.5 Å². The number of hydrogen-bond donors (Lipinski definition) is 3. The van der Waals surface area contributed by atoms with Crippen LogP contribution in [0.4, 0.5) is 14.5 Å². The number of aromatic nitrogens is 2. The molecule has 3 heterocycles. The highest BCUT2D eigenvalue weighted by atomic mass is 19.1. The number of nitrogens with zero attached hydrogens (tertiary/aromatic N) is 2. The van der Waals surface area contributed by atoms with Gasteiger partial charge in [-0.25, -0.2) is 18.8 Å². The average Bonchev–Trinajstić information content (AvgIpc) is 3.31. The molecule has 1 aliphatic rings. The maximum absolute atomic E-state index is 15.0. The number of halogens is 2. The number of fused-ring (bicyclic) bond motifs is 1. The molecular weight excluding hydrogens is 468 g/mol. The third kappa shape index (κ3) is 4.36. The molecule has 1 unspecified atom stereocenters. The molecule has 0 aliphatic carbocycles. The van der Waals surface area contributed by atoms with Crippen LogP contribution in [0.1, 0.15) is 28.3 Å². The molecule has 0 bridgehead atoms. The number of nitrogens with one attached hydrogen (secondary N) is 2. The first-order valence-corrected chi connectivity index (χ1v) is 11.0. The first-order chi connectivity index (χ1) is 17.4. The number of benzene rings is 2. The van der Waals surface area contributed by atoms with E-state index >= 15 is 0 Å². The van der Waals surface area contributed by atoms with Crippen molar-refractivity contribution >= 4 is 28.8 Å². The minimum Gasteiger partial charge on any atom is -0.496 e. The number of H-pyrrole nitrogens is 1. The highest BCUT2D eigenvalue weighted by Crippen LogP contribution is 2.37. The molecule has 2 aromatic carbocycles. The van der Waals surface area contributed by atoms with E-state index in [0.29, 0.717) is 29.0 Å². The summed E-state index contributed by atoms with van der Waals surface area (Å²) in [4.78, 5) is 24.2. The van der Waals surface area contributed by atoms with E-state index in [1.54, 1.807) is 18.5 Å². The van der Waals surface area contributed by atoms with Gasteiger partial charge >= 0.3 is 0 Å². The van der Waals surface area contributed by atoms with Gasteiger partial charge in [0, 0.05) is 36.3 Å². The zero-order valence-electron chi connectivity index (χ0n) is 19.1. The quantitative estimate of drug-likeness (QED) is 0.342. The lowest BCUT2D eigenvalue weighted by atomic mass is 9.95. The topological polar surface area (TPSA) is 115 Å². The van der Waals surface area contributed by atoms with Crippen LogP contribution >= 0.6 is 0 Å². The van der Waals surface area contributed by atoms with Crippen LogP contribution in [0, 0.1) is 11.6 Å². The fraction of sp³-hybridized carbons (Fsp3) is 0.115. The fourth-order valence-electron chi connectivity index (χ4n) is 4.04. The number of carbonyl (C=O) groups is 1. The van der Waals surface area contributed by atoms with Gasteiger partial charge in [-0.1, -0.05) is 6.07 Å². The minimum absolute atomic E-state index is 0.0459. The van der Waals surface area contributed by atoms with Crippen LogP contribution in [0.15, 0.2) is 71.7 Å². The number of pyridine rings is 1. The molecule has 8 nitrogen and oxygen atoms in total. The molecule has 1 amide bonds. The molecular formula is C26H21F2N5O3. The smallest absolute Gasteiger partial charge is 0.262 e. The predicted molar refractivity (Wildman–Crippen MR) is 132 cm³/mol. The molecule has 0 fully saturated rings. The van der Waals surface area contributed by atoms with Crippen molar-refractivity contribution < 1.29 is 23.0 Å². The van der Waals surface area contributed by atoms with Crippen LogP contribution in [-0.4, -0.2) is 29.2 Å². The summed E-state index contributed by atoms with van der Waals surface area (Å²) < 4.78 is 40.2. The molecule has 36 heavy (non-hydrogen) atoms. The lowest BCUT2D eigenvalue weighted by Crippen LogP contribution is -2.15.